The topological polar surface area (TPSA) is 42.1 Å². The third-order valence-electron chi connectivity index (χ3n) is 2.37. The highest BCUT2D eigenvalue weighted by Gasteiger charge is 2.10. The van der Waals surface area contributed by atoms with Crippen LogP contribution in [0.2, 0.25) is 0 Å². The minimum Gasteiger partial charge on any atom is -0.353 e. The normalized spacial score (nSPS) is 19.6. The Morgan fingerprint density at radius 3 is 3.00 bits per heavy atom. The maximum atomic E-state index is 5.92. The van der Waals surface area contributed by atoms with Gasteiger partial charge in [0.1, 0.15) is 0 Å². The predicted octanol–water partition coefficient (Wildman–Crippen LogP) is 1.56. The van der Waals surface area contributed by atoms with E-state index in [1.807, 2.05) is 49.6 Å². The second kappa shape index (κ2) is 4.28. The van der Waals surface area contributed by atoms with Crippen LogP contribution in [0.4, 0.5) is 0 Å². The molecule has 1 unspecified atom stereocenters. The number of rotatable bonds is 2. The number of aryl methyl sites for hydroxylation is 1. The summed E-state index contributed by atoms with van der Waals surface area (Å²) in [6, 6.07) is 6.04. The third-order valence-corrected chi connectivity index (χ3v) is 2.37. The number of pyridine rings is 1. The van der Waals surface area contributed by atoms with E-state index in [9.17, 15) is 0 Å². The van der Waals surface area contributed by atoms with Crippen molar-refractivity contribution < 1.29 is 0 Å². The highest BCUT2D eigenvalue weighted by molar-refractivity contribution is 5.15. The van der Waals surface area contributed by atoms with Crippen molar-refractivity contribution in [2.75, 3.05) is 0 Å². The Hall–Kier alpha value is -1.61. The van der Waals surface area contributed by atoms with Crippen LogP contribution in [0, 0.1) is 6.92 Å². The first-order valence-corrected chi connectivity index (χ1v) is 5.04. The number of allylic oxidation sites excluding steroid dienone is 2. The third kappa shape index (κ3) is 2.44. The molecule has 0 spiro atoms. The summed E-state index contributed by atoms with van der Waals surface area (Å²) in [6.45, 7) is 2.75. The van der Waals surface area contributed by atoms with Crippen LogP contribution in [-0.2, 0) is 6.54 Å². The SMILES string of the molecule is Cc1cccc(CN2C=CC=CC2N)n1. The molecule has 2 N–H and O–H groups in total. The number of aromatic nitrogens is 1. The molecule has 2 heterocycles. The van der Waals surface area contributed by atoms with Crippen molar-refractivity contribution in [1.29, 1.82) is 0 Å². The average Bonchev–Trinajstić information content (AvgIpc) is 2.22. The molecule has 78 valence electrons. The minimum absolute atomic E-state index is 0.0442. The summed E-state index contributed by atoms with van der Waals surface area (Å²) in [4.78, 5) is 6.50. The van der Waals surface area contributed by atoms with Gasteiger partial charge in [0, 0.05) is 11.9 Å². The smallest absolute Gasteiger partial charge is 0.0963 e. The van der Waals surface area contributed by atoms with E-state index in [-0.39, 0.29) is 6.17 Å². The standard InChI is InChI=1S/C12H15N3/c1-10-5-4-6-11(14-10)9-15-8-3-2-7-12(15)13/h2-8,12H,9,13H2,1H3. The van der Waals surface area contributed by atoms with Gasteiger partial charge in [-0.2, -0.15) is 0 Å². The van der Waals surface area contributed by atoms with Crippen molar-refractivity contribution in [2.45, 2.75) is 19.6 Å². The molecule has 0 aromatic carbocycles. The first kappa shape index (κ1) is 9.93. The van der Waals surface area contributed by atoms with Crippen molar-refractivity contribution in [2.24, 2.45) is 5.73 Å². The van der Waals surface area contributed by atoms with Crippen LogP contribution in [0.5, 0.6) is 0 Å². The van der Waals surface area contributed by atoms with E-state index in [1.165, 1.54) is 0 Å². The average molecular weight is 201 g/mol. The molecule has 0 aliphatic carbocycles. The van der Waals surface area contributed by atoms with Crippen molar-refractivity contribution in [3.63, 3.8) is 0 Å². The van der Waals surface area contributed by atoms with Crippen LogP contribution in [0.15, 0.2) is 42.6 Å². The van der Waals surface area contributed by atoms with Crippen LogP contribution in [0.1, 0.15) is 11.4 Å². The summed E-state index contributed by atoms with van der Waals surface area (Å²) < 4.78 is 0. The van der Waals surface area contributed by atoms with Crippen LogP contribution in [0.25, 0.3) is 0 Å². The van der Waals surface area contributed by atoms with Crippen LogP contribution in [-0.4, -0.2) is 16.0 Å². The Labute approximate surface area is 89.9 Å². The fourth-order valence-corrected chi connectivity index (χ4v) is 1.58. The largest absolute Gasteiger partial charge is 0.353 e. The Kier molecular flexibility index (Phi) is 2.83. The quantitative estimate of drug-likeness (QED) is 0.789. The minimum atomic E-state index is -0.0442. The van der Waals surface area contributed by atoms with Gasteiger partial charge in [0.05, 0.1) is 18.4 Å². The monoisotopic (exact) mass is 201 g/mol. The Morgan fingerprint density at radius 2 is 2.27 bits per heavy atom. The van der Waals surface area contributed by atoms with Gasteiger partial charge in [0.2, 0.25) is 0 Å². The lowest BCUT2D eigenvalue weighted by Crippen LogP contribution is -2.37. The summed E-state index contributed by atoms with van der Waals surface area (Å²) in [7, 11) is 0. The predicted molar refractivity (Wildman–Crippen MR) is 60.8 cm³/mol. The summed E-state index contributed by atoms with van der Waals surface area (Å²) >= 11 is 0. The summed E-state index contributed by atoms with van der Waals surface area (Å²) in [6.07, 6.45) is 7.87. The van der Waals surface area contributed by atoms with Gasteiger partial charge in [-0.15, -0.1) is 0 Å². The van der Waals surface area contributed by atoms with Crippen LogP contribution >= 0.6 is 0 Å². The molecular formula is C12H15N3. The summed E-state index contributed by atoms with van der Waals surface area (Å²) in [5.41, 5.74) is 8.01. The van der Waals surface area contributed by atoms with Gasteiger partial charge >= 0.3 is 0 Å². The fourth-order valence-electron chi connectivity index (χ4n) is 1.58. The second-order valence-electron chi connectivity index (χ2n) is 3.66. The maximum absolute atomic E-state index is 5.92. The molecule has 1 aromatic heterocycles. The lowest BCUT2D eigenvalue weighted by molar-refractivity contribution is 0.310. The fraction of sp³-hybridized carbons (Fsp3) is 0.250. The van der Waals surface area contributed by atoms with Crippen molar-refractivity contribution >= 4 is 0 Å². The summed E-state index contributed by atoms with van der Waals surface area (Å²) in [5.74, 6) is 0. The van der Waals surface area contributed by atoms with E-state index in [2.05, 4.69) is 9.88 Å². The number of hydrogen-bond acceptors (Lipinski definition) is 3. The Bertz CT molecular complexity index is 396. The zero-order valence-corrected chi connectivity index (χ0v) is 8.80. The molecule has 3 heteroatoms. The number of nitrogens with zero attached hydrogens (tertiary/aromatic N) is 2. The molecule has 1 atom stereocenters. The number of hydrogen-bond donors (Lipinski definition) is 1. The molecule has 1 aliphatic rings. The van der Waals surface area contributed by atoms with Gasteiger partial charge in [-0.25, -0.2) is 0 Å². The van der Waals surface area contributed by atoms with E-state index >= 15 is 0 Å². The highest BCUT2D eigenvalue weighted by atomic mass is 15.2. The van der Waals surface area contributed by atoms with E-state index in [1.54, 1.807) is 0 Å². The summed E-state index contributed by atoms with van der Waals surface area (Å²) in [5, 5.41) is 0. The molecule has 15 heavy (non-hydrogen) atoms. The van der Waals surface area contributed by atoms with Gasteiger partial charge < -0.3 is 10.6 Å². The zero-order chi connectivity index (χ0) is 10.7. The molecule has 0 radical (unpaired) electrons. The van der Waals surface area contributed by atoms with Gasteiger partial charge in [-0.1, -0.05) is 12.1 Å². The molecule has 0 fully saturated rings. The molecule has 0 saturated heterocycles. The highest BCUT2D eigenvalue weighted by Crippen LogP contribution is 2.09. The van der Waals surface area contributed by atoms with Crippen molar-refractivity contribution in [3.8, 4) is 0 Å². The Morgan fingerprint density at radius 1 is 1.40 bits per heavy atom. The molecular weight excluding hydrogens is 186 g/mol. The van der Waals surface area contributed by atoms with Gasteiger partial charge in [0.25, 0.3) is 0 Å². The van der Waals surface area contributed by atoms with E-state index in [0.29, 0.717) is 0 Å². The molecule has 1 aliphatic heterocycles. The van der Waals surface area contributed by atoms with Crippen molar-refractivity contribution in [3.05, 3.63) is 54.0 Å². The van der Waals surface area contributed by atoms with Crippen LogP contribution in [0.3, 0.4) is 0 Å². The van der Waals surface area contributed by atoms with Crippen LogP contribution < -0.4 is 5.73 Å². The van der Waals surface area contributed by atoms with E-state index in [0.717, 1.165) is 17.9 Å². The lowest BCUT2D eigenvalue weighted by Gasteiger charge is -2.26. The molecule has 0 bridgehead atoms. The molecule has 0 saturated carbocycles. The molecule has 0 amide bonds. The van der Waals surface area contributed by atoms with E-state index in [4.69, 9.17) is 5.73 Å². The number of nitrogens with two attached hydrogens (primary N) is 1. The molecule has 1 aromatic rings. The molecule has 3 nitrogen and oxygen atoms in total. The second-order valence-corrected chi connectivity index (χ2v) is 3.66. The van der Waals surface area contributed by atoms with E-state index < -0.39 is 0 Å². The van der Waals surface area contributed by atoms with Gasteiger partial charge in [0.15, 0.2) is 0 Å². The van der Waals surface area contributed by atoms with Gasteiger partial charge in [-0.05, 0) is 31.2 Å². The van der Waals surface area contributed by atoms with Gasteiger partial charge in [-0.3, -0.25) is 4.98 Å². The maximum Gasteiger partial charge on any atom is 0.0963 e. The first-order chi connectivity index (χ1) is 7.25. The van der Waals surface area contributed by atoms with Crippen molar-refractivity contribution in [1.82, 2.24) is 9.88 Å². The Balaban J connectivity index is 2.09. The molecule has 2 rings (SSSR count). The lowest BCUT2D eigenvalue weighted by atomic mass is 10.2. The first-order valence-electron chi connectivity index (χ1n) is 5.04. The zero-order valence-electron chi connectivity index (χ0n) is 8.80.